The number of hydrogen-bond donors (Lipinski definition) is 1. The van der Waals surface area contributed by atoms with E-state index in [0.29, 0.717) is 12.5 Å². The lowest BCUT2D eigenvalue weighted by molar-refractivity contribution is 0.486. The van der Waals surface area contributed by atoms with Gasteiger partial charge in [-0.15, -0.1) is 0 Å². The van der Waals surface area contributed by atoms with E-state index >= 15 is 0 Å². The van der Waals surface area contributed by atoms with Gasteiger partial charge in [0.15, 0.2) is 11.6 Å². The van der Waals surface area contributed by atoms with E-state index in [2.05, 4.69) is 0 Å². The fourth-order valence-corrected chi connectivity index (χ4v) is 1.99. The summed E-state index contributed by atoms with van der Waals surface area (Å²) >= 11 is 0. The topological polar surface area (TPSA) is 26.0 Å². The molecule has 0 heterocycles. The molecule has 1 atom stereocenters. The van der Waals surface area contributed by atoms with Crippen molar-refractivity contribution in [2.45, 2.75) is 18.9 Å². The molecule has 19 heavy (non-hydrogen) atoms. The van der Waals surface area contributed by atoms with E-state index in [9.17, 15) is 13.2 Å². The molecule has 0 radical (unpaired) electrons. The zero-order chi connectivity index (χ0) is 13.8. The van der Waals surface area contributed by atoms with Crippen LogP contribution in [0, 0.1) is 17.5 Å². The van der Waals surface area contributed by atoms with Gasteiger partial charge in [0.25, 0.3) is 0 Å². The lowest BCUT2D eigenvalue weighted by Gasteiger charge is -2.12. The molecule has 0 spiro atoms. The fraction of sp³-hybridized carbons (Fsp3) is 0.200. The maximum atomic E-state index is 13.5. The molecule has 2 aromatic rings. The van der Waals surface area contributed by atoms with Crippen molar-refractivity contribution >= 4 is 0 Å². The number of hydrogen-bond acceptors (Lipinski definition) is 1. The van der Waals surface area contributed by atoms with Crippen molar-refractivity contribution in [2.24, 2.45) is 5.73 Å². The molecule has 2 aromatic carbocycles. The van der Waals surface area contributed by atoms with Gasteiger partial charge in [0.1, 0.15) is 5.82 Å². The van der Waals surface area contributed by atoms with Gasteiger partial charge in [0.2, 0.25) is 0 Å². The van der Waals surface area contributed by atoms with Crippen LogP contribution in [0.2, 0.25) is 0 Å². The highest BCUT2D eigenvalue weighted by Crippen LogP contribution is 2.16. The van der Waals surface area contributed by atoms with Gasteiger partial charge in [0, 0.05) is 12.1 Å². The van der Waals surface area contributed by atoms with Crippen molar-refractivity contribution in [3.8, 4) is 0 Å². The first-order valence-electron chi connectivity index (χ1n) is 5.99. The van der Waals surface area contributed by atoms with Crippen molar-refractivity contribution in [2.75, 3.05) is 0 Å². The molecule has 0 saturated carbocycles. The van der Waals surface area contributed by atoms with Crippen molar-refractivity contribution in [1.29, 1.82) is 0 Å². The Kier molecular flexibility index (Phi) is 4.22. The van der Waals surface area contributed by atoms with Crippen LogP contribution in [-0.4, -0.2) is 6.04 Å². The second-order valence-corrected chi connectivity index (χ2v) is 4.51. The molecule has 0 amide bonds. The summed E-state index contributed by atoms with van der Waals surface area (Å²) in [4.78, 5) is 0. The van der Waals surface area contributed by atoms with Crippen LogP contribution in [0.3, 0.4) is 0 Å². The molecule has 1 unspecified atom stereocenters. The smallest absolute Gasteiger partial charge is 0.161 e. The van der Waals surface area contributed by atoms with Gasteiger partial charge >= 0.3 is 0 Å². The second-order valence-electron chi connectivity index (χ2n) is 4.51. The van der Waals surface area contributed by atoms with Gasteiger partial charge in [-0.3, -0.25) is 0 Å². The van der Waals surface area contributed by atoms with E-state index in [1.165, 1.54) is 0 Å². The largest absolute Gasteiger partial charge is 0.327 e. The predicted molar refractivity (Wildman–Crippen MR) is 68.1 cm³/mol. The molecule has 2 rings (SSSR count). The summed E-state index contributed by atoms with van der Waals surface area (Å²) < 4.78 is 39.3. The van der Waals surface area contributed by atoms with Crippen molar-refractivity contribution in [3.05, 3.63) is 71.0 Å². The first-order valence-corrected chi connectivity index (χ1v) is 5.99. The third-order valence-electron chi connectivity index (χ3n) is 2.91. The molecule has 0 bridgehead atoms. The normalized spacial score (nSPS) is 12.4. The zero-order valence-corrected chi connectivity index (χ0v) is 10.2. The molecule has 0 fully saturated rings. The Hall–Kier alpha value is -1.81. The Morgan fingerprint density at radius 1 is 0.842 bits per heavy atom. The van der Waals surface area contributed by atoms with Gasteiger partial charge < -0.3 is 5.73 Å². The highest BCUT2D eigenvalue weighted by Gasteiger charge is 2.13. The third kappa shape index (κ3) is 3.58. The molecule has 0 aromatic heterocycles. The van der Waals surface area contributed by atoms with Crippen molar-refractivity contribution in [1.82, 2.24) is 0 Å². The van der Waals surface area contributed by atoms with Crippen LogP contribution >= 0.6 is 0 Å². The lowest BCUT2D eigenvalue weighted by Crippen LogP contribution is -2.26. The molecule has 4 heteroatoms. The van der Waals surface area contributed by atoms with Gasteiger partial charge in [-0.05, 0) is 30.0 Å². The van der Waals surface area contributed by atoms with Gasteiger partial charge in [-0.1, -0.05) is 30.3 Å². The van der Waals surface area contributed by atoms with E-state index in [-0.39, 0.29) is 18.0 Å². The first-order chi connectivity index (χ1) is 9.06. The van der Waals surface area contributed by atoms with Crippen LogP contribution in [0.15, 0.2) is 42.5 Å². The van der Waals surface area contributed by atoms with Gasteiger partial charge in [-0.2, -0.15) is 0 Å². The number of nitrogens with two attached hydrogens (primary N) is 1. The van der Waals surface area contributed by atoms with E-state index in [1.54, 1.807) is 0 Å². The number of halogens is 3. The van der Waals surface area contributed by atoms with Crippen LogP contribution < -0.4 is 5.73 Å². The summed E-state index contributed by atoms with van der Waals surface area (Å²) in [6.45, 7) is 0. The van der Waals surface area contributed by atoms with Crippen LogP contribution in [0.5, 0.6) is 0 Å². The maximum Gasteiger partial charge on any atom is 0.161 e. The van der Waals surface area contributed by atoms with Crippen LogP contribution in [0.25, 0.3) is 0 Å². The second kappa shape index (κ2) is 5.89. The molecule has 0 aliphatic heterocycles. The van der Waals surface area contributed by atoms with Crippen LogP contribution in [0.4, 0.5) is 13.2 Å². The average molecular weight is 265 g/mol. The molecular weight excluding hydrogens is 251 g/mol. The quantitative estimate of drug-likeness (QED) is 0.844. The minimum absolute atomic E-state index is 0.0994. The standard InChI is InChI=1S/C15H14F3N/c16-13-9-15(18)14(17)8-11(13)7-12(19)6-10-4-2-1-3-5-10/h1-5,8-9,12H,6-7,19H2. The molecule has 0 saturated heterocycles. The summed E-state index contributed by atoms with van der Waals surface area (Å²) in [5.41, 5.74) is 7.04. The Balaban J connectivity index is 2.07. The van der Waals surface area contributed by atoms with E-state index in [1.807, 2.05) is 30.3 Å². The Morgan fingerprint density at radius 2 is 1.47 bits per heavy atom. The molecule has 0 aliphatic carbocycles. The minimum atomic E-state index is -1.18. The van der Waals surface area contributed by atoms with Crippen LogP contribution in [-0.2, 0) is 12.8 Å². The summed E-state index contributed by atoms with van der Waals surface area (Å²) in [7, 11) is 0. The lowest BCUT2D eigenvalue weighted by atomic mass is 9.99. The minimum Gasteiger partial charge on any atom is -0.327 e. The van der Waals surface area contributed by atoms with E-state index < -0.39 is 17.5 Å². The third-order valence-corrected chi connectivity index (χ3v) is 2.91. The Labute approximate surface area is 109 Å². The van der Waals surface area contributed by atoms with E-state index in [4.69, 9.17) is 5.73 Å². The van der Waals surface area contributed by atoms with Crippen molar-refractivity contribution < 1.29 is 13.2 Å². The highest BCUT2D eigenvalue weighted by atomic mass is 19.2. The number of rotatable bonds is 4. The maximum absolute atomic E-state index is 13.5. The summed E-state index contributed by atoms with van der Waals surface area (Å²) in [6, 6.07) is 10.6. The summed E-state index contributed by atoms with van der Waals surface area (Å²) in [5.74, 6) is -3.00. The Bertz CT molecular complexity index is 555. The fourth-order valence-electron chi connectivity index (χ4n) is 1.99. The Morgan fingerprint density at radius 3 is 2.16 bits per heavy atom. The molecule has 100 valence electrons. The summed E-state index contributed by atoms with van der Waals surface area (Å²) in [5, 5.41) is 0. The highest BCUT2D eigenvalue weighted by molar-refractivity contribution is 5.22. The molecule has 1 nitrogen and oxygen atoms in total. The summed E-state index contributed by atoms with van der Waals surface area (Å²) in [6.07, 6.45) is 0.719. The van der Waals surface area contributed by atoms with Crippen LogP contribution in [0.1, 0.15) is 11.1 Å². The van der Waals surface area contributed by atoms with E-state index in [0.717, 1.165) is 11.6 Å². The predicted octanol–water partition coefficient (Wildman–Crippen LogP) is 3.22. The van der Waals surface area contributed by atoms with Gasteiger partial charge in [0.05, 0.1) is 0 Å². The SMILES string of the molecule is NC(Cc1ccccc1)Cc1cc(F)c(F)cc1F. The molecule has 0 aliphatic rings. The van der Waals surface area contributed by atoms with Crippen molar-refractivity contribution in [3.63, 3.8) is 0 Å². The first kappa shape index (κ1) is 13.6. The average Bonchev–Trinajstić information content (AvgIpc) is 2.37. The monoisotopic (exact) mass is 265 g/mol. The van der Waals surface area contributed by atoms with Gasteiger partial charge in [-0.25, -0.2) is 13.2 Å². The molecular formula is C15H14F3N. The molecule has 2 N–H and O–H groups in total. The number of benzene rings is 2. The zero-order valence-electron chi connectivity index (χ0n) is 10.2.